The van der Waals surface area contributed by atoms with Crippen LogP contribution in [-0.4, -0.2) is 54.2 Å². The van der Waals surface area contributed by atoms with Gasteiger partial charge in [0.15, 0.2) is 11.6 Å². The number of fused-ring (bicyclic) bond motifs is 1. The molecule has 3 aromatic rings. The zero-order chi connectivity index (χ0) is 26.0. The van der Waals surface area contributed by atoms with Gasteiger partial charge in [0.2, 0.25) is 5.91 Å². The van der Waals surface area contributed by atoms with Gasteiger partial charge in [0, 0.05) is 36.6 Å². The maximum absolute atomic E-state index is 14.4. The van der Waals surface area contributed by atoms with Gasteiger partial charge in [-0.1, -0.05) is 24.5 Å². The molecule has 2 aliphatic heterocycles. The van der Waals surface area contributed by atoms with Gasteiger partial charge in [0.05, 0.1) is 48.5 Å². The standard InChI is InChI=1S/C27H24FN5O4/c1-3-21(34)33-27(14-37-15-27)10-7-16-13-29-11-8-17(16)23-24(22-19(31-23)9-12-30-26(22)35)32-20-6-4-5-18(28)25(20)36-2/h3-6,8,11,13,31-32H,1,9,12,14-15H2,2H3,(H,30,35)(H,33,34). The molecule has 0 saturated carbocycles. The van der Waals surface area contributed by atoms with Crippen molar-refractivity contribution >= 4 is 23.2 Å². The summed E-state index contributed by atoms with van der Waals surface area (Å²) in [5, 5.41) is 8.89. The van der Waals surface area contributed by atoms with Crippen LogP contribution in [0, 0.1) is 17.7 Å². The summed E-state index contributed by atoms with van der Waals surface area (Å²) in [5.74, 6) is 5.13. The number of amides is 2. The number of anilines is 2. The Labute approximate surface area is 212 Å². The number of hydrogen-bond acceptors (Lipinski definition) is 6. The van der Waals surface area contributed by atoms with E-state index in [1.165, 1.54) is 19.3 Å². The molecule has 2 amide bonds. The number of carbonyl (C=O) groups is 2. The van der Waals surface area contributed by atoms with Gasteiger partial charge in [-0.05, 0) is 24.3 Å². The first-order valence-corrected chi connectivity index (χ1v) is 11.6. The van der Waals surface area contributed by atoms with Crippen LogP contribution < -0.4 is 20.7 Å². The monoisotopic (exact) mass is 501 g/mol. The quantitative estimate of drug-likeness (QED) is 0.305. The summed E-state index contributed by atoms with van der Waals surface area (Å²) in [6.45, 7) is 4.47. The van der Waals surface area contributed by atoms with Crippen molar-refractivity contribution in [1.29, 1.82) is 0 Å². The zero-order valence-corrected chi connectivity index (χ0v) is 20.0. The molecule has 4 heterocycles. The summed E-state index contributed by atoms with van der Waals surface area (Å²) in [6.07, 6.45) is 5.01. The van der Waals surface area contributed by atoms with Crippen molar-refractivity contribution in [3.63, 3.8) is 0 Å². The lowest BCUT2D eigenvalue weighted by Gasteiger charge is -2.37. The topological polar surface area (TPSA) is 117 Å². The Kier molecular flexibility index (Phi) is 6.38. The van der Waals surface area contributed by atoms with Crippen molar-refractivity contribution in [3.05, 3.63) is 72.0 Å². The summed E-state index contributed by atoms with van der Waals surface area (Å²) in [5.41, 5.74) is 3.01. The predicted molar refractivity (Wildman–Crippen MR) is 135 cm³/mol. The van der Waals surface area contributed by atoms with Crippen LogP contribution in [0.25, 0.3) is 11.3 Å². The number of halogens is 1. The summed E-state index contributed by atoms with van der Waals surface area (Å²) in [7, 11) is 1.38. The number of para-hydroxylation sites is 1. The number of benzene rings is 1. The lowest BCUT2D eigenvalue weighted by molar-refractivity contribution is -0.123. The second-order valence-corrected chi connectivity index (χ2v) is 8.62. The molecule has 9 nitrogen and oxygen atoms in total. The third kappa shape index (κ3) is 4.52. The summed E-state index contributed by atoms with van der Waals surface area (Å²) in [4.78, 5) is 32.4. The summed E-state index contributed by atoms with van der Waals surface area (Å²) >= 11 is 0. The highest BCUT2D eigenvalue weighted by Crippen LogP contribution is 2.40. The molecule has 37 heavy (non-hydrogen) atoms. The highest BCUT2D eigenvalue weighted by Gasteiger charge is 2.38. The third-order valence-corrected chi connectivity index (χ3v) is 6.17. The van der Waals surface area contributed by atoms with Gasteiger partial charge >= 0.3 is 0 Å². The fourth-order valence-corrected chi connectivity index (χ4v) is 4.32. The van der Waals surface area contributed by atoms with E-state index in [0.29, 0.717) is 46.7 Å². The number of hydrogen-bond donors (Lipinski definition) is 4. The third-order valence-electron chi connectivity index (χ3n) is 6.17. The predicted octanol–water partition coefficient (Wildman–Crippen LogP) is 2.68. The second kappa shape index (κ2) is 9.79. The number of rotatable bonds is 6. The molecule has 0 radical (unpaired) electrons. The first-order chi connectivity index (χ1) is 17.9. The van der Waals surface area contributed by atoms with Gasteiger partial charge in [-0.3, -0.25) is 14.6 Å². The van der Waals surface area contributed by atoms with Crippen LogP contribution in [0.1, 0.15) is 21.6 Å². The van der Waals surface area contributed by atoms with E-state index in [4.69, 9.17) is 9.47 Å². The number of pyridine rings is 1. The first kappa shape index (κ1) is 24.1. The van der Waals surface area contributed by atoms with E-state index < -0.39 is 11.4 Å². The van der Waals surface area contributed by atoms with Crippen LogP contribution in [0.5, 0.6) is 5.75 Å². The Morgan fingerprint density at radius 3 is 2.92 bits per heavy atom. The van der Waals surface area contributed by atoms with Crippen LogP contribution in [-0.2, 0) is 16.0 Å². The highest BCUT2D eigenvalue weighted by atomic mass is 19.1. The number of methoxy groups -OCH3 is 1. The number of carbonyl (C=O) groups excluding carboxylic acids is 2. The van der Waals surface area contributed by atoms with Crippen LogP contribution in [0.2, 0.25) is 0 Å². The Morgan fingerprint density at radius 2 is 2.19 bits per heavy atom. The molecule has 0 aliphatic carbocycles. The molecule has 4 N–H and O–H groups in total. The van der Waals surface area contributed by atoms with E-state index >= 15 is 0 Å². The minimum absolute atomic E-state index is 0.0271. The Morgan fingerprint density at radius 1 is 1.35 bits per heavy atom. The molecule has 0 bridgehead atoms. The van der Waals surface area contributed by atoms with Crippen molar-refractivity contribution in [1.82, 2.24) is 20.6 Å². The van der Waals surface area contributed by atoms with Crippen LogP contribution >= 0.6 is 0 Å². The Balaban J connectivity index is 1.62. The van der Waals surface area contributed by atoms with Gasteiger partial charge in [-0.15, -0.1) is 0 Å². The van der Waals surface area contributed by atoms with E-state index in [0.717, 1.165) is 5.69 Å². The molecule has 5 rings (SSSR count). The maximum Gasteiger partial charge on any atom is 0.255 e. The zero-order valence-electron chi connectivity index (χ0n) is 20.0. The Bertz CT molecular complexity index is 1470. The lowest BCUT2D eigenvalue weighted by atomic mass is 9.96. The number of H-pyrrole nitrogens is 1. The fraction of sp³-hybridized carbons (Fsp3) is 0.222. The van der Waals surface area contributed by atoms with Crippen LogP contribution in [0.3, 0.4) is 0 Å². The number of aromatic amines is 1. The van der Waals surface area contributed by atoms with Gasteiger partial charge in [0.1, 0.15) is 5.54 Å². The molecule has 10 heteroatoms. The molecular formula is C27H24FN5O4. The van der Waals surface area contributed by atoms with Crippen LogP contribution in [0.4, 0.5) is 15.8 Å². The minimum Gasteiger partial charge on any atom is -0.492 e. The molecule has 0 atom stereocenters. The molecule has 188 valence electrons. The van der Waals surface area contributed by atoms with Crippen molar-refractivity contribution in [3.8, 4) is 28.8 Å². The number of nitrogens with one attached hydrogen (secondary N) is 4. The Hall–Kier alpha value is -4.62. The number of nitrogens with zero attached hydrogens (tertiary/aromatic N) is 1. The van der Waals surface area contributed by atoms with Crippen LogP contribution in [0.15, 0.2) is 49.3 Å². The lowest BCUT2D eigenvalue weighted by Crippen LogP contribution is -2.61. The SMILES string of the molecule is C=CC(=O)NC1(C#Cc2cnccc2-c2[nH]c3c(c2Nc2cccc(F)c2OC)C(=O)NCC3)COC1. The van der Waals surface area contributed by atoms with Crippen molar-refractivity contribution in [2.24, 2.45) is 0 Å². The normalized spacial score (nSPS) is 15.2. The van der Waals surface area contributed by atoms with Gasteiger partial charge in [-0.25, -0.2) is 4.39 Å². The molecule has 0 spiro atoms. The van der Waals surface area contributed by atoms with E-state index in [-0.39, 0.29) is 30.8 Å². The average molecular weight is 502 g/mol. The van der Waals surface area contributed by atoms with Gasteiger partial charge < -0.3 is 30.4 Å². The van der Waals surface area contributed by atoms with E-state index in [2.05, 4.69) is 44.3 Å². The maximum atomic E-state index is 14.4. The van der Waals surface area contributed by atoms with E-state index in [1.807, 2.05) is 0 Å². The van der Waals surface area contributed by atoms with E-state index in [9.17, 15) is 14.0 Å². The molecule has 1 aromatic carbocycles. The second-order valence-electron chi connectivity index (χ2n) is 8.62. The fourth-order valence-electron chi connectivity index (χ4n) is 4.32. The molecule has 2 aliphatic rings. The number of aromatic nitrogens is 2. The molecule has 0 unspecified atom stereocenters. The summed E-state index contributed by atoms with van der Waals surface area (Å²) in [6, 6.07) is 6.30. The minimum atomic E-state index is -0.830. The highest BCUT2D eigenvalue weighted by molar-refractivity contribution is 6.06. The number of ether oxygens (including phenoxy) is 2. The van der Waals surface area contributed by atoms with E-state index in [1.54, 1.807) is 30.6 Å². The van der Waals surface area contributed by atoms with Gasteiger partial charge in [-0.2, -0.15) is 0 Å². The van der Waals surface area contributed by atoms with Crippen molar-refractivity contribution in [2.75, 3.05) is 32.2 Å². The summed E-state index contributed by atoms with van der Waals surface area (Å²) < 4.78 is 25.0. The molecular weight excluding hydrogens is 477 g/mol. The van der Waals surface area contributed by atoms with Gasteiger partial charge in [0.25, 0.3) is 5.91 Å². The molecule has 1 fully saturated rings. The van der Waals surface area contributed by atoms with Crippen molar-refractivity contribution in [2.45, 2.75) is 12.0 Å². The average Bonchev–Trinajstić information content (AvgIpc) is 3.25. The first-order valence-electron chi connectivity index (χ1n) is 11.6. The largest absolute Gasteiger partial charge is 0.492 e. The molecule has 1 saturated heterocycles. The smallest absolute Gasteiger partial charge is 0.255 e. The molecule has 2 aromatic heterocycles. The van der Waals surface area contributed by atoms with Crippen molar-refractivity contribution < 1.29 is 23.5 Å².